The fourth-order valence-electron chi connectivity index (χ4n) is 2.77. The van der Waals surface area contributed by atoms with E-state index in [0.717, 1.165) is 37.2 Å². The lowest BCUT2D eigenvalue weighted by Crippen LogP contribution is -2.39. The van der Waals surface area contributed by atoms with Gasteiger partial charge in [-0.15, -0.1) is 0 Å². The molecule has 0 atom stereocenters. The van der Waals surface area contributed by atoms with Crippen molar-refractivity contribution in [1.29, 1.82) is 0 Å². The van der Waals surface area contributed by atoms with E-state index in [9.17, 15) is 5.11 Å². The molecule has 1 fully saturated rings. The molecule has 2 rings (SSSR count). The van der Waals surface area contributed by atoms with Crippen molar-refractivity contribution in [3.05, 3.63) is 17.6 Å². The lowest BCUT2D eigenvalue weighted by atomic mass is 10.0. The van der Waals surface area contributed by atoms with Gasteiger partial charge in [-0.1, -0.05) is 12.8 Å². The number of aliphatic hydroxyl groups is 1. The van der Waals surface area contributed by atoms with E-state index < -0.39 is 5.60 Å². The molecule has 1 aliphatic carbocycles. The maximum absolute atomic E-state index is 10.4. The molecule has 0 spiro atoms. The fraction of sp³-hybridized carbons (Fsp3) is 0.692. The Balaban J connectivity index is 1.98. The quantitative estimate of drug-likeness (QED) is 0.539. The van der Waals surface area contributed by atoms with Gasteiger partial charge in [0.1, 0.15) is 11.6 Å². The zero-order valence-corrected chi connectivity index (χ0v) is 11.7. The number of aryl methyl sites for hydroxylation is 1. The minimum atomic E-state index is -0.534. The molecule has 1 saturated carbocycles. The van der Waals surface area contributed by atoms with Crippen LogP contribution in [0.15, 0.2) is 6.07 Å². The van der Waals surface area contributed by atoms with Crippen molar-refractivity contribution in [1.82, 2.24) is 14.9 Å². The van der Waals surface area contributed by atoms with Gasteiger partial charge >= 0.3 is 0 Å². The number of hydrogen-bond acceptors (Lipinski definition) is 6. The average Bonchev–Trinajstić information content (AvgIpc) is 2.74. The fourth-order valence-corrected chi connectivity index (χ4v) is 2.77. The summed E-state index contributed by atoms with van der Waals surface area (Å²) in [5, 5.41) is 10.4. The van der Waals surface area contributed by atoms with Crippen molar-refractivity contribution in [2.75, 3.05) is 19.0 Å². The number of nitrogens with one attached hydrogen (secondary N) is 1. The van der Waals surface area contributed by atoms with Gasteiger partial charge in [0.25, 0.3) is 0 Å². The van der Waals surface area contributed by atoms with Crippen molar-refractivity contribution in [2.24, 2.45) is 5.84 Å². The number of hydrazine groups is 1. The standard InChI is InChI=1S/C13H23N5O/c1-10-7-11(17-14)16-12(15-10)8-18(2)9-13(19)5-3-4-6-13/h7,19H,3-6,8-9,14H2,1-2H3,(H,15,16,17). The molecule has 0 aliphatic heterocycles. The topological polar surface area (TPSA) is 87.3 Å². The van der Waals surface area contributed by atoms with Gasteiger partial charge in [-0.25, -0.2) is 15.8 Å². The van der Waals surface area contributed by atoms with Crippen molar-refractivity contribution in [2.45, 2.75) is 44.8 Å². The zero-order valence-electron chi connectivity index (χ0n) is 11.7. The van der Waals surface area contributed by atoms with Crippen LogP contribution in [0.2, 0.25) is 0 Å². The summed E-state index contributed by atoms with van der Waals surface area (Å²) in [7, 11) is 1.98. The van der Waals surface area contributed by atoms with Gasteiger partial charge in [-0.3, -0.25) is 4.90 Å². The molecule has 1 aromatic rings. The monoisotopic (exact) mass is 265 g/mol. The first-order chi connectivity index (χ1) is 9.00. The van der Waals surface area contributed by atoms with E-state index in [1.165, 1.54) is 0 Å². The van der Waals surface area contributed by atoms with E-state index >= 15 is 0 Å². The number of likely N-dealkylation sites (N-methyl/N-ethyl adjacent to an activating group) is 1. The minimum absolute atomic E-state index is 0.534. The van der Waals surface area contributed by atoms with Crippen LogP contribution in [0, 0.1) is 6.92 Å². The van der Waals surface area contributed by atoms with Crippen molar-refractivity contribution >= 4 is 5.82 Å². The maximum atomic E-state index is 10.4. The van der Waals surface area contributed by atoms with Crippen LogP contribution in [0.1, 0.15) is 37.2 Å². The van der Waals surface area contributed by atoms with Gasteiger partial charge in [0, 0.05) is 18.3 Å². The molecule has 1 aliphatic rings. The van der Waals surface area contributed by atoms with Crippen LogP contribution in [0.25, 0.3) is 0 Å². The smallest absolute Gasteiger partial charge is 0.145 e. The van der Waals surface area contributed by atoms with Crippen LogP contribution in [0.4, 0.5) is 5.82 Å². The normalized spacial score (nSPS) is 17.9. The van der Waals surface area contributed by atoms with Crippen LogP contribution >= 0.6 is 0 Å². The Morgan fingerprint density at radius 1 is 1.42 bits per heavy atom. The van der Waals surface area contributed by atoms with Crippen molar-refractivity contribution < 1.29 is 5.11 Å². The lowest BCUT2D eigenvalue weighted by molar-refractivity contribution is 0.0140. The van der Waals surface area contributed by atoms with Crippen molar-refractivity contribution in [3.8, 4) is 0 Å². The number of nitrogen functional groups attached to an aromatic ring is 1. The number of nitrogens with two attached hydrogens (primary N) is 1. The van der Waals surface area contributed by atoms with Crippen LogP contribution in [0.3, 0.4) is 0 Å². The Bertz CT molecular complexity index is 431. The molecule has 106 valence electrons. The Labute approximate surface area is 114 Å². The summed E-state index contributed by atoms with van der Waals surface area (Å²) in [4.78, 5) is 10.8. The highest BCUT2D eigenvalue weighted by Crippen LogP contribution is 2.30. The molecule has 6 nitrogen and oxygen atoms in total. The summed E-state index contributed by atoms with van der Waals surface area (Å²) in [5.41, 5.74) is 2.89. The van der Waals surface area contributed by atoms with Gasteiger partial charge in [0.2, 0.25) is 0 Å². The van der Waals surface area contributed by atoms with Gasteiger partial charge in [-0.05, 0) is 26.8 Å². The average molecular weight is 265 g/mol. The molecule has 0 bridgehead atoms. The van der Waals surface area contributed by atoms with Crippen LogP contribution in [0.5, 0.6) is 0 Å². The molecule has 0 aromatic carbocycles. The first-order valence-electron chi connectivity index (χ1n) is 6.73. The highest BCUT2D eigenvalue weighted by atomic mass is 16.3. The van der Waals surface area contributed by atoms with E-state index in [2.05, 4.69) is 20.3 Å². The Morgan fingerprint density at radius 3 is 2.74 bits per heavy atom. The van der Waals surface area contributed by atoms with Gasteiger partial charge < -0.3 is 10.5 Å². The van der Waals surface area contributed by atoms with Crippen LogP contribution in [-0.2, 0) is 6.54 Å². The van der Waals surface area contributed by atoms with E-state index in [4.69, 9.17) is 5.84 Å². The largest absolute Gasteiger partial charge is 0.389 e. The molecule has 6 heteroatoms. The zero-order chi connectivity index (χ0) is 13.9. The second-order valence-corrected chi connectivity index (χ2v) is 5.56. The Hall–Kier alpha value is -1.24. The first-order valence-corrected chi connectivity index (χ1v) is 6.73. The van der Waals surface area contributed by atoms with Gasteiger partial charge in [0.15, 0.2) is 0 Å². The van der Waals surface area contributed by atoms with Gasteiger partial charge in [-0.2, -0.15) is 0 Å². The minimum Gasteiger partial charge on any atom is -0.389 e. The third kappa shape index (κ3) is 3.86. The van der Waals surface area contributed by atoms with E-state index in [0.29, 0.717) is 18.9 Å². The Morgan fingerprint density at radius 2 is 2.11 bits per heavy atom. The molecule has 1 aromatic heterocycles. The molecule has 19 heavy (non-hydrogen) atoms. The van der Waals surface area contributed by atoms with E-state index in [1.54, 1.807) is 6.07 Å². The second-order valence-electron chi connectivity index (χ2n) is 5.56. The summed E-state index contributed by atoms with van der Waals surface area (Å²) in [6.45, 7) is 3.19. The van der Waals surface area contributed by atoms with E-state index in [-0.39, 0.29) is 0 Å². The molecule has 0 amide bonds. The molecule has 4 N–H and O–H groups in total. The molecular weight excluding hydrogens is 242 g/mol. The maximum Gasteiger partial charge on any atom is 0.145 e. The Kier molecular flexibility index (Phi) is 4.34. The SMILES string of the molecule is Cc1cc(NN)nc(CN(C)CC2(O)CCCC2)n1. The highest BCUT2D eigenvalue weighted by molar-refractivity contribution is 5.33. The summed E-state index contributed by atoms with van der Waals surface area (Å²) >= 11 is 0. The second kappa shape index (κ2) is 5.81. The van der Waals surface area contributed by atoms with E-state index in [1.807, 2.05) is 14.0 Å². The summed E-state index contributed by atoms with van der Waals surface area (Å²) in [6, 6.07) is 1.80. The lowest BCUT2D eigenvalue weighted by Gasteiger charge is -2.28. The number of anilines is 1. The third-order valence-corrected chi connectivity index (χ3v) is 3.56. The van der Waals surface area contributed by atoms with Crippen molar-refractivity contribution in [3.63, 3.8) is 0 Å². The number of nitrogens with zero attached hydrogens (tertiary/aromatic N) is 3. The highest BCUT2D eigenvalue weighted by Gasteiger charge is 2.32. The predicted octanol–water partition coefficient (Wildman–Crippen LogP) is 0.808. The van der Waals surface area contributed by atoms with Crippen LogP contribution in [-0.4, -0.2) is 39.2 Å². The predicted molar refractivity (Wildman–Crippen MR) is 74.3 cm³/mol. The number of rotatable bonds is 5. The number of aromatic nitrogens is 2. The molecule has 0 saturated heterocycles. The summed E-state index contributed by atoms with van der Waals surface area (Å²) < 4.78 is 0. The molecular formula is C13H23N5O. The summed E-state index contributed by atoms with van der Waals surface area (Å²) in [6.07, 6.45) is 4.02. The first kappa shape index (κ1) is 14.2. The third-order valence-electron chi connectivity index (χ3n) is 3.56. The molecule has 1 heterocycles. The molecule has 0 radical (unpaired) electrons. The number of hydrogen-bond donors (Lipinski definition) is 3. The van der Waals surface area contributed by atoms with Crippen LogP contribution < -0.4 is 11.3 Å². The van der Waals surface area contributed by atoms with Gasteiger partial charge in [0.05, 0.1) is 12.1 Å². The summed E-state index contributed by atoms with van der Waals surface area (Å²) in [5.74, 6) is 6.72. The molecule has 0 unspecified atom stereocenters.